The first-order chi connectivity index (χ1) is 17.1. The molecule has 4 heteroatoms. The van der Waals surface area contributed by atoms with Crippen molar-refractivity contribution in [1.82, 2.24) is 0 Å². The zero-order valence-electron chi connectivity index (χ0n) is 19.6. The molecular formula is C31H27NO3. The van der Waals surface area contributed by atoms with Crippen LogP contribution in [0, 0.1) is 0 Å². The van der Waals surface area contributed by atoms with E-state index < -0.39 is 0 Å². The summed E-state index contributed by atoms with van der Waals surface area (Å²) in [6.07, 6.45) is 1.29. The monoisotopic (exact) mass is 461 g/mol. The number of ether oxygens (including phenoxy) is 1. The Morgan fingerprint density at radius 2 is 1.71 bits per heavy atom. The lowest BCUT2D eigenvalue weighted by molar-refractivity contribution is -0.116. The summed E-state index contributed by atoms with van der Waals surface area (Å²) in [5, 5.41) is 16.2. The number of fused-ring (bicyclic) bond motifs is 4. The standard InChI is InChI=1S/C31H27NO3/c1-2-35-28-18-21(13-15-26(28)33)31-30-24(16-22(17-27(30)34)19-8-4-3-5-9-19)29-23-11-7-6-10-20(23)12-14-25(29)32-31/h3-15,18,22,31-33H,2,16-17H2,1H3/t22-,31-/m0/s1. The van der Waals surface area contributed by atoms with Crippen LogP contribution in [-0.2, 0) is 4.79 Å². The molecule has 2 aliphatic rings. The van der Waals surface area contributed by atoms with Crippen molar-refractivity contribution in [2.24, 2.45) is 0 Å². The number of aromatic hydroxyl groups is 1. The van der Waals surface area contributed by atoms with Gasteiger partial charge in [0, 0.05) is 23.2 Å². The molecule has 0 amide bonds. The minimum atomic E-state index is -0.303. The number of allylic oxidation sites excluding steroid dienone is 1. The smallest absolute Gasteiger partial charge is 0.162 e. The van der Waals surface area contributed by atoms with E-state index in [-0.39, 0.29) is 23.5 Å². The predicted molar refractivity (Wildman–Crippen MR) is 140 cm³/mol. The Morgan fingerprint density at radius 3 is 2.54 bits per heavy atom. The molecule has 6 rings (SSSR count). The Morgan fingerprint density at radius 1 is 0.914 bits per heavy atom. The maximum absolute atomic E-state index is 13.8. The zero-order chi connectivity index (χ0) is 23.9. The van der Waals surface area contributed by atoms with Gasteiger partial charge in [0.2, 0.25) is 0 Å². The van der Waals surface area contributed by atoms with Crippen LogP contribution in [0.15, 0.2) is 90.5 Å². The van der Waals surface area contributed by atoms with Crippen LogP contribution >= 0.6 is 0 Å². The van der Waals surface area contributed by atoms with Gasteiger partial charge in [-0.05, 0) is 64.9 Å². The molecule has 0 spiro atoms. The van der Waals surface area contributed by atoms with Gasteiger partial charge in [-0.25, -0.2) is 0 Å². The van der Waals surface area contributed by atoms with E-state index in [9.17, 15) is 9.90 Å². The number of ketones is 1. The molecule has 0 saturated carbocycles. The van der Waals surface area contributed by atoms with Crippen molar-refractivity contribution in [2.45, 2.75) is 31.7 Å². The van der Waals surface area contributed by atoms with E-state index in [2.05, 4.69) is 47.8 Å². The van der Waals surface area contributed by atoms with Crippen LogP contribution in [0.2, 0.25) is 0 Å². The molecule has 0 saturated heterocycles. The highest BCUT2D eigenvalue weighted by Crippen LogP contribution is 2.51. The van der Waals surface area contributed by atoms with E-state index in [0.29, 0.717) is 18.8 Å². The number of carbonyl (C=O) groups excluding carboxylic acids is 1. The molecule has 4 aromatic carbocycles. The fourth-order valence-electron chi connectivity index (χ4n) is 5.64. The molecule has 2 atom stereocenters. The minimum absolute atomic E-state index is 0.103. The molecule has 0 bridgehead atoms. The molecule has 1 aliphatic heterocycles. The summed E-state index contributed by atoms with van der Waals surface area (Å²) in [5.41, 5.74) is 6.22. The summed E-state index contributed by atoms with van der Waals surface area (Å²) >= 11 is 0. The molecule has 0 unspecified atom stereocenters. The zero-order valence-corrected chi connectivity index (χ0v) is 19.6. The minimum Gasteiger partial charge on any atom is -0.504 e. The second-order valence-corrected chi connectivity index (χ2v) is 9.28. The van der Waals surface area contributed by atoms with E-state index in [1.165, 1.54) is 5.56 Å². The summed E-state index contributed by atoms with van der Waals surface area (Å²) in [7, 11) is 0. The Hall–Kier alpha value is -4.05. The summed E-state index contributed by atoms with van der Waals surface area (Å²) in [6.45, 7) is 2.34. The third-order valence-electron chi connectivity index (χ3n) is 7.22. The van der Waals surface area contributed by atoms with E-state index in [0.717, 1.165) is 45.2 Å². The number of Topliss-reactive ketones (excluding diaryl/α,β-unsaturated/α-hetero) is 1. The Balaban J connectivity index is 1.56. The van der Waals surface area contributed by atoms with Crippen LogP contribution < -0.4 is 10.1 Å². The molecule has 1 aliphatic carbocycles. The number of carbonyl (C=O) groups is 1. The predicted octanol–water partition coefficient (Wildman–Crippen LogP) is 7.01. The van der Waals surface area contributed by atoms with Crippen molar-refractivity contribution in [2.75, 3.05) is 11.9 Å². The van der Waals surface area contributed by atoms with E-state index in [1.807, 2.05) is 43.3 Å². The Labute approximate surface area is 204 Å². The van der Waals surface area contributed by atoms with Gasteiger partial charge >= 0.3 is 0 Å². The Bertz CT molecular complexity index is 1470. The van der Waals surface area contributed by atoms with Gasteiger partial charge in [-0.2, -0.15) is 0 Å². The average Bonchev–Trinajstić information content (AvgIpc) is 2.89. The Kier molecular flexibility index (Phi) is 5.29. The van der Waals surface area contributed by atoms with Gasteiger partial charge in [-0.1, -0.05) is 66.7 Å². The highest BCUT2D eigenvalue weighted by molar-refractivity contribution is 6.13. The van der Waals surface area contributed by atoms with Crippen molar-refractivity contribution in [1.29, 1.82) is 0 Å². The van der Waals surface area contributed by atoms with Crippen LogP contribution in [-0.4, -0.2) is 17.5 Å². The van der Waals surface area contributed by atoms with Gasteiger partial charge in [0.25, 0.3) is 0 Å². The van der Waals surface area contributed by atoms with Crippen molar-refractivity contribution < 1.29 is 14.6 Å². The third-order valence-corrected chi connectivity index (χ3v) is 7.22. The van der Waals surface area contributed by atoms with E-state index in [4.69, 9.17) is 4.74 Å². The number of phenolic OH excluding ortho intramolecular Hbond substituents is 1. The number of nitrogens with one attached hydrogen (secondary N) is 1. The summed E-state index contributed by atoms with van der Waals surface area (Å²) in [4.78, 5) is 13.8. The lowest BCUT2D eigenvalue weighted by atomic mass is 9.71. The number of phenols is 1. The SMILES string of the molecule is CCOc1cc([C@@H]2Nc3ccc4ccccc4c3C3=C2C(=O)C[C@@H](c2ccccc2)C3)ccc1O. The maximum atomic E-state index is 13.8. The number of rotatable bonds is 4. The first kappa shape index (κ1) is 21.5. The van der Waals surface area contributed by atoms with Crippen LogP contribution in [0.3, 0.4) is 0 Å². The molecule has 0 radical (unpaired) electrons. The van der Waals surface area contributed by atoms with Gasteiger partial charge in [0.15, 0.2) is 17.3 Å². The second kappa shape index (κ2) is 8.62. The van der Waals surface area contributed by atoms with Crippen molar-refractivity contribution in [3.05, 3.63) is 107 Å². The van der Waals surface area contributed by atoms with Gasteiger partial charge in [0.05, 0.1) is 12.6 Å². The van der Waals surface area contributed by atoms with Crippen LogP contribution in [0.5, 0.6) is 11.5 Å². The highest BCUT2D eigenvalue weighted by atomic mass is 16.5. The van der Waals surface area contributed by atoms with E-state index >= 15 is 0 Å². The topological polar surface area (TPSA) is 58.6 Å². The largest absolute Gasteiger partial charge is 0.504 e. The average molecular weight is 462 g/mol. The third kappa shape index (κ3) is 3.66. The molecule has 4 aromatic rings. The molecule has 0 aromatic heterocycles. The lowest BCUT2D eigenvalue weighted by Crippen LogP contribution is -2.29. The van der Waals surface area contributed by atoms with E-state index in [1.54, 1.807) is 6.07 Å². The normalized spacial score (nSPS) is 19.2. The van der Waals surface area contributed by atoms with Crippen molar-refractivity contribution in [3.63, 3.8) is 0 Å². The summed E-state index contributed by atoms with van der Waals surface area (Å²) < 4.78 is 5.65. The second-order valence-electron chi connectivity index (χ2n) is 9.28. The molecule has 0 fully saturated rings. The highest BCUT2D eigenvalue weighted by Gasteiger charge is 2.38. The molecule has 174 valence electrons. The summed E-state index contributed by atoms with van der Waals surface area (Å²) in [6, 6.07) is 28.1. The van der Waals surface area contributed by atoms with Crippen molar-refractivity contribution in [3.8, 4) is 11.5 Å². The maximum Gasteiger partial charge on any atom is 0.162 e. The molecule has 2 N–H and O–H groups in total. The first-order valence-electron chi connectivity index (χ1n) is 12.2. The quantitative estimate of drug-likeness (QED) is 0.343. The molecule has 4 nitrogen and oxygen atoms in total. The van der Waals surface area contributed by atoms with Gasteiger partial charge in [-0.15, -0.1) is 0 Å². The first-order valence-corrected chi connectivity index (χ1v) is 12.2. The number of hydrogen-bond donors (Lipinski definition) is 2. The van der Waals surface area contributed by atoms with Crippen LogP contribution in [0.4, 0.5) is 5.69 Å². The molecular weight excluding hydrogens is 434 g/mol. The molecule has 35 heavy (non-hydrogen) atoms. The van der Waals surface area contributed by atoms with Gasteiger partial charge in [0.1, 0.15) is 0 Å². The summed E-state index contributed by atoms with van der Waals surface area (Å²) in [5.74, 6) is 0.851. The van der Waals surface area contributed by atoms with Crippen LogP contribution in [0.1, 0.15) is 48.4 Å². The van der Waals surface area contributed by atoms with Gasteiger partial charge in [-0.3, -0.25) is 4.79 Å². The van der Waals surface area contributed by atoms with Crippen molar-refractivity contribution >= 4 is 27.8 Å². The molecule has 1 heterocycles. The lowest BCUT2D eigenvalue weighted by Gasteiger charge is -2.37. The van der Waals surface area contributed by atoms with Gasteiger partial charge < -0.3 is 15.2 Å². The van der Waals surface area contributed by atoms with Crippen LogP contribution in [0.25, 0.3) is 16.3 Å². The fourth-order valence-corrected chi connectivity index (χ4v) is 5.64. The number of benzene rings is 4. The number of anilines is 1. The number of hydrogen-bond acceptors (Lipinski definition) is 4. The fraction of sp³-hybridized carbons (Fsp3) is 0.194.